The van der Waals surface area contributed by atoms with Crippen LogP contribution in [0, 0.1) is 10.1 Å². The van der Waals surface area contributed by atoms with Gasteiger partial charge in [0.15, 0.2) is 0 Å². The van der Waals surface area contributed by atoms with Crippen LogP contribution in [0.2, 0.25) is 0 Å². The van der Waals surface area contributed by atoms with Gasteiger partial charge in [-0.25, -0.2) is 0 Å². The highest BCUT2D eigenvalue weighted by Gasteiger charge is 2.17. The van der Waals surface area contributed by atoms with Crippen molar-refractivity contribution < 1.29 is 4.92 Å². The molecule has 0 spiro atoms. The van der Waals surface area contributed by atoms with Crippen molar-refractivity contribution >= 4 is 32.5 Å². The molecule has 0 saturated heterocycles. The number of nitrogens with zero attached hydrogens (tertiary/aromatic N) is 2. The summed E-state index contributed by atoms with van der Waals surface area (Å²) in [6.07, 6.45) is 6.70. The van der Waals surface area contributed by atoms with Crippen molar-refractivity contribution in [2.75, 3.05) is 0 Å². The summed E-state index contributed by atoms with van der Waals surface area (Å²) < 4.78 is 2.90. The monoisotopic (exact) mass is 324 g/mol. The van der Waals surface area contributed by atoms with Crippen molar-refractivity contribution in [2.45, 2.75) is 39.2 Å². The molecule has 0 N–H and O–H groups in total. The molecule has 102 valence electrons. The summed E-state index contributed by atoms with van der Waals surface area (Å²) >= 11 is 3.43. The molecule has 0 unspecified atom stereocenters. The third-order valence-corrected chi connectivity index (χ3v) is 3.89. The third kappa shape index (κ3) is 2.97. The molecule has 1 aromatic carbocycles. The van der Waals surface area contributed by atoms with E-state index >= 15 is 0 Å². The molecule has 1 heterocycles. The van der Waals surface area contributed by atoms with E-state index in [1.54, 1.807) is 12.1 Å². The first kappa shape index (κ1) is 14.1. The number of non-ortho nitro benzene ring substituents is 1. The number of nitro groups is 1. The van der Waals surface area contributed by atoms with E-state index in [-0.39, 0.29) is 10.6 Å². The minimum absolute atomic E-state index is 0.164. The molecule has 19 heavy (non-hydrogen) atoms. The Morgan fingerprint density at radius 2 is 2.11 bits per heavy atom. The van der Waals surface area contributed by atoms with Gasteiger partial charge in [0.25, 0.3) is 5.69 Å². The summed E-state index contributed by atoms with van der Waals surface area (Å²) in [4.78, 5) is 10.7. The standard InChI is InChI=1S/C14H17BrN2O2/c1-2-3-4-5-9-16-10-11(15)14-12(16)7-6-8-13(14)17(18)19/h6-8,10H,2-5,9H2,1H3. The van der Waals surface area contributed by atoms with Gasteiger partial charge in [-0.2, -0.15) is 0 Å². The minimum atomic E-state index is -0.325. The van der Waals surface area contributed by atoms with Crippen LogP contribution in [-0.4, -0.2) is 9.49 Å². The Balaban J connectivity index is 2.31. The van der Waals surface area contributed by atoms with Crippen LogP contribution in [0.1, 0.15) is 32.6 Å². The summed E-state index contributed by atoms with van der Waals surface area (Å²) in [5.41, 5.74) is 1.09. The van der Waals surface area contributed by atoms with Crippen LogP contribution in [0.25, 0.3) is 10.9 Å². The van der Waals surface area contributed by atoms with Crippen LogP contribution >= 0.6 is 15.9 Å². The Morgan fingerprint density at radius 1 is 1.32 bits per heavy atom. The molecule has 0 aliphatic rings. The largest absolute Gasteiger partial charge is 0.346 e. The lowest BCUT2D eigenvalue weighted by atomic mass is 10.2. The minimum Gasteiger partial charge on any atom is -0.346 e. The predicted octanol–water partition coefficient (Wildman–Crippen LogP) is 4.89. The smallest absolute Gasteiger partial charge is 0.279 e. The van der Waals surface area contributed by atoms with Crippen LogP contribution in [0.4, 0.5) is 5.69 Å². The van der Waals surface area contributed by atoms with Crippen LogP contribution < -0.4 is 0 Å². The zero-order valence-electron chi connectivity index (χ0n) is 10.9. The van der Waals surface area contributed by atoms with E-state index in [2.05, 4.69) is 27.4 Å². The van der Waals surface area contributed by atoms with E-state index in [1.165, 1.54) is 19.3 Å². The molecule has 2 rings (SSSR count). The fourth-order valence-corrected chi connectivity index (χ4v) is 2.98. The second-order valence-electron chi connectivity index (χ2n) is 4.66. The SMILES string of the molecule is CCCCCCn1cc(Br)c2c([N+](=O)[O-])cccc21. The van der Waals surface area contributed by atoms with Gasteiger partial charge in [0, 0.05) is 23.3 Å². The summed E-state index contributed by atoms with van der Waals surface area (Å²) in [5.74, 6) is 0. The first-order valence-electron chi connectivity index (χ1n) is 6.57. The average molecular weight is 325 g/mol. The molecular formula is C14H17BrN2O2. The number of fused-ring (bicyclic) bond motifs is 1. The quantitative estimate of drug-likeness (QED) is 0.431. The van der Waals surface area contributed by atoms with E-state index in [4.69, 9.17) is 0 Å². The zero-order valence-corrected chi connectivity index (χ0v) is 12.5. The fourth-order valence-electron chi connectivity index (χ4n) is 2.33. The maximum Gasteiger partial charge on any atom is 0.279 e. The highest BCUT2D eigenvalue weighted by atomic mass is 79.9. The molecular weight excluding hydrogens is 308 g/mol. The molecule has 0 radical (unpaired) electrons. The Hall–Kier alpha value is -1.36. The first-order valence-corrected chi connectivity index (χ1v) is 7.36. The predicted molar refractivity (Wildman–Crippen MR) is 80.4 cm³/mol. The summed E-state index contributed by atoms with van der Waals surface area (Å²) in [6.45, 7) is 3.09. The van der Waals surface area contributed by atoms with E-state index in [0.717, 1.165) is 23.0 Å². The van der Waals surface area contributed by atoms with Gasteiger partial charge in [0.2, 0.25) is 0 Å². The van der Waals surface area contributed by atoms with Crippen LogP contribution in [0.15, 0.2) is 28.9 Å². The van der Waals surface area contributed by atoms with Crippen LogP contribution in [-0.2, 0) is 6.54 Å². The van der Waals surface area contributed by atoms with Crippen molar-refractivity contribution in [1.82, 2.24) is 4.57 Å². The maximum atomic E-state index is 11.1. The van der Waals surface area contributed by atoms with Crippen molar-refractivity contribution in [1.29, 1.82) is 0 Å². The van der Waals surface area contributed by atoms with E-state index in [1.807, 2.05) is 12.3 Å². The molecule has 4 nitrogen and oxygen atoms in total. The van der Waals surface area contributed by atoms with Gasteiger partial charge in [-0.05, 0) is 28.4 Å². The van der Waals surface area contributed by atoms with Gasteiger partial charge in [-0.1, -0.05) is 32.3 Å². The second-order valence-corrected chi connectivity index (χ2v) is 5.51. The van der Waals surface area contributed by atoms with Gasteiger partial charge >= 0.3 is 0 Å². The third-order valence-electron chi connectivity index (χ3n) is 3.29. The highest BCUT2D eigenvalue weighted by molar-refractivity contribution is 9.10. The molecule has 2 aromatic rings. The van der Waals surface area contributed by atoms with Crippen molar-refractivity contribution in [2.24, 2.45) is 0 Å². The molecule has 1 aromatic heterocycles. The van der Waals surface area contributed by atoms with Gasteiger partial charge in [-0.3, -0.25) is 10.1 Å². The lowest BCUT2D eigenvalue weighted by Crippen LogP contribution is -1.96. The second kappa shape index (κ2) is 6.19. The summed E-state index contributed by atoms with van der Waals surface area (Å²) in [7, 11) is 0. The molecule has 0 aliphatic heterocycles. The molecule has 0 amide bonds. The number of unbranched alkanes of at least 4 members (excludes halogenated alkanes) is 3. The summed E-state index contributed by atoms with van der Waals surface area (Å²) in [5, 5.41) is 11.7. The Bertz CT molecular complexity index is 592. The number of aromatic nitrogens is 1. The lowest BCUT2D eigenvalue weighted by Gasteiger charge is -2.04. The molecule has 0 atom stereocenters. The number of halogens is 1. The number of hydrogen-bond donors (Lipinski definition) is 0. The Kier molecular flexibility index (Phi) is 4.58. The van der Waals surface area contributed by atoms with Crippen LogP contribution in [0.3, 0.4) is 0 Å². The van der Waals surface area contributed by atoms with E-state index in [9.17, 15) is 10.1 Å². The maximum absolute atomic E-state index is 11.1. The number of nitro benzene ring substituents is 1. The van der Waals surface area contributed by atoms with Crippen molar-refractivity contribution in [3.8, 4) is 0 Å². The molecule has 0 saturated carbocycles. The van der Waals surface area contributed by atoms with Gasteiger partial charge < -0.3 is 4.57 Å². The van der Waals surface area contributed by atoms with E-state index in [0.29, 0.717) is 5.39 Å². The average Bonchev–Trinajstić information content (AvgIpc) is 2.72. The number of benzene rings is 1. The molecule has 0 aliphatic carbocycles. The van der Waals surface area contributed by atoms with Crippen molar-refractivity contribution in [3.05, 3.63) is 39.0 Å². The van der Waals surface area contributed by atoms with Gasteiger partial charge in [0.05, 0.1) is 15.8 Å². The lowest BCUT2D eigenvalue weighted by molar-refractivity contribution is -0.383. The number of rotatable bonds is 6. The molecule has 0 bridgehead atoms. The number of aryl methyl sites for hydroxylation is 1. The van der Waals surface area contributed by atoms with Gasteiger partial charge in [-0.15, -0.1) is 0 Å². The van der Waals surface area contributed by atoms with Crippen molar-refractivity contribution in [3.63, 3.8) is 0 Å². The molecule has 5 heteroatoms. The zero-order chi connectivity index (χ0) is 13.8. The topological polar surface area (TPSA) is 48.1 Å². The highest BCUT2D eigenvalue weighted by Crippen LogP contribution is 2.33. The fraction of sp³-hybridized carbons (Fsp3) is 0.429. The van der Waals surface area contributed by atoms with E-state index < -0.39 is 0 Å². The molecule has 0 fully saturated rings. The normalized spacial score (nSPS) is 11.1. The summed E-state index contributed by atoms with van der Waals surface area (Å²) in [6, 6.07) is 5.23. The Morgan fingerprint density at radius 3 is 2.79 bits per heavy atom. The van der Waals surface area contributed by atoms with Crippen LogP contribution in [0.5, 0.6) is 0 Å². The first-order chi connectivity index (χ1) is 9.15. The number of hydrogen-bond acceptors (Lipinski definition) is 2. The van der Waals surface area contributed by atoms with Gasteiger partial charge in [0.1, 0.15) is 0 Å². The Labute approximate surface area is 120 Å².